The molecule has 0 aliphatic carbocycles. The topological polar surface area (TPSA) is 88.6 Å². The highest BCUT2D eigenvalue weighted by atomic mass is 32.2. The molecule has 1 amide bonds. The van der Waals surface area contributed by atoms with E-state index in [1.54, 1.807) is 43.6 Å². The first-order valence-electron chi connectivity index (χ1n) is 10.3. The Kier molecular flexibility index (Phi) is 7.97. The summed E-state index contributed by atoms with van der Waals surface area (Å²) in [6.07, 6.45) is 3.28. The molecule has 1 aromatic heterocycles. The molecule has 1 heterocycles. The SMILES string of the molecule is CCOc1ccc(S(=O)(=O)N(CC(=O)NCc2ccncc2)Cc2ccccc2)cc1C. The molecule has 0 saturated carbocycles. The lowest BCUT2D eigenvalue weighted by Gasteiger charge is -2.22. The lowest BCUT2D eigenvalue weighted by molar-refractivity contribution is -0.121. The first-order valence-corrected chi connectivity index (χ1v) is 11.8. The van der Waals surface area contributed by atoms with Crippen molar-refractivity contribution in [3.63, 3.8) is 0 Å². The first-order chi connectivity index (χ1) is 15.4. The molecule has 3 aromatic rings. The van der Waals surface area contributed by atoms with E-state index in [4.69, 9.17) is 4.74 Å². The number of sulfonamides is 1. The van der Waals surface area contributed by atoms with Gasteiger partial charge in [-0.1, -0.05) is 30.3 Å². The van der Waals surface area contributed by atoms with Crippen molar-refractivity contribution in [2.45, 2.75) is 31.8 Å². The van der Waals surface area contributed by atoms with Gasteiger partial charge in [-0.25, -0.2) is 8.42 Å². The molecule has 0 atom stereocenters. The Morgan fingerprint density at radius 2 is 1.75 bits per heavy atom. The van der Waals surface area contributed by atoms with Gasteiger partial charge in [0.15, 0.2) is 0 Å². The van der Waals surface area contributed by atoms with Gasteiger partial charge < -0.3 is 10.1 Å². The van der Waals surface area contributed by atoms with E-state index in [0.29, 0.717) is 18.9 Å². The number of nitrogens with one attached hydrogen (secondary N) is 1. The maximum atomic E-state index is 13.5. The van der Waals surface area contributed by atoms with Gasteiger partial charge >= 0.3 is 0 Å². The van der Waals surface area contributed by atoms with E-state index in [1.165, 1.54) is 10.4 Å². The number of aryl methyl sites for hydroxylation is 1. The molecule has 7 nitrogen and oxygen atoms in total. The first kappa shape index (κ1) is 23.4. The Morgan fingerprint density at radius 1 is 1.03 bits per heavy atom. The number of carbonyl (C=O) groups is 1. The standard InChI is InChI=1S/C24H27N3O4S/c1-3-31-23-10-9-22(15-19(23)2)32(29,30)27(17-21-7-5-4-6-8-21)18-24(28)26-16-20-11-13-25-14-12-20/h4-15H,3,16-18H2,1-2H3,(H,26,28). The van der Waals surface area contributed by atoms with E-state index in [9.17, 15) is 13.2 Å². The van der Waals surface area contributed by atoms with Gasteiger partial charge in [-0.15, -0.1) is 0 Å². The molecule has 0 aliphatic heterocycles. The summed E-state index contributed by atoms with van der Waals surface area (Å²) in [6, 6.07) is 17.5. The molecule has 0 saturated heterocycles. The zero-order valence-corrected chi connectivity index (χ0v) is 19.0. The Hall–Kier alpha value is -3.23. The zero-order chi connectivity index (χ0) is 23.0. The van der Waals surface area contributed by atoms with Gasteiger partial charge in [0, 0.05) is 25.5 Å². The molecule has 1 N–H and O–H groups in total. The molecule has 0 fully saturated rings. The maximum Gasteiger partial charge on any atom is 0.243 e. The predicted octanol–water partition coefficient (Wildman–Crippen LogP) is 3.30. The Labute approximate surface area is 189 Å². The van der Waals surface area contributed by atoms with E-state index < -0.39 is 10.0 Å². The zero-order valence-electron chi connectivity index (χ0n) is 18.2. The van der Waals surface area contributed by atoms with Crippen LogP contribution in [0.4, 0.5) is 0 Å². The van der Waals surface area contributed by atoms with E-state index in [2.05, 4.69) is 10.3 Å². The fourth-order valence-electron chi connectivity index (χ4n) is 3.18. The van der Waals surface area contributed by atoms with Gasteiger partial charge in [0.2, 0.25) is 15.9 Å². The molecule has 0 spiro atoms. The Balaban J connectivity index is 1.82. The van der Waals surface area contributed by atoms with Crippen molar-refractivity contribution < 1.29 is 17.9 Å². The summed E-state index contributed by atoms with van der Waals surface area (Å²) in [5.41, 5.74) is 2.39. The lowest BCUT2D eigenvalue weighted by Crippen LogP contribution is -2.40. The number of rotatable bonds is 10. The molecule has 0 unspecified atom stereocenters. The third kappa shape index (κ3) is 6.15. The van der Waals surface area contributed by atoms with Crippen LogP contribution in [0, 0.1) is 6.92 Å². The van der Waals surface area contributed by atoms with Crippen LogP contribution in [0.25, 0.3) is 0 Å². The third-order valence-electron chi connectivity index (χ3n) is 4.84. The molecular formula is C24H27N3O4S. The maximum absolute atomic E-state index is 13.5. The number of benzene rings is 2. The summed E-state index contributed by atoms with van der Waals surface area (Å²) in [4.78, 5) is 16.7. The minimum Gasteiger partial charge on any atom is -0.494 e. The molecule has 8 heteroatoms. The number of carbonyl (C=O) groups excluding carboxylic acids is 1. The average molecular weight is 454 g/mol. The van der Waals surface area contributed by atoms with Gasteiger partial charge in [0.1, 0.15) is 5.75 Å². The number of amides is 1. The predicted molar refractivity (Wildman–Crippen MR) is 122 cm³/mol. The van der Waals surface area contributed by atoms with Crippen molar-refractivity contribution in [1.82, 2.24) is 14.6 Å². The van der Waals surface area contributed by atoms with Gasteiger partial charge in [0.05, 0.1) is 18.0 Å². The van der Waals surface area contributed by atoms with Crippen molar-refractivity contribution in [2.24, 2.45) is 0 Å². The second kappa shape index (κ2) is 10.9. The Morgan fingerprint density at radius 3 is 2.41 bits per heavy atom. The molecule has 168 valence electrons. The molecule has 0 bridgehead atoms. The number of pyridine rings is 1. The minimum atomic E-state index is -3.92. The molecule has 3 rings (SSSR count). The van der Waals surface area contributed by atoms with Gasteiger partial charge in [0.25, 0.3) is 0 Å². The van der Waals surface area contributed by atoms with E-state index in [1.807, 2.05) is 37.3 Å². The highest BCUT2D eigenvalue weighted by Crippen LogP contribution is 2.25. The highest BCUT2D eigenvalue weighted by molar-refractivity contribution is 7.89. The average Bonchev–Trinajstić information content (AvgIpc) is 2.80. The number of hydrogen-bond acceptors (Lipinski definition) is 5. The fraction of sp³-hybridized carbons (Fsp3) is 0.250. The van der Waals surface area contributed by atoms with E-state index in [-0.39, 0.29) is 23.9 Å². The van der Waals surface area contributed by atoms with Crippen molar-refractivity contribution in [3.05, 3.63) is 89.7 Å². The van der Waals surface area contributed by atoms with Crippen LogP contribution in [0.15, 0.2) is 78.0 Å². The molecule has 0 radical (unpaired) electrons. The summed E-state index contributed by atoms with van der Waals surface area (Å²) >= 11 is 0. The molecule has 32 heavy (non-hydrogen) atoms. The van der Waals surface area contributed by atoms with Crippen LogP contribution >= 0.6 is 0 Å². The number of hydrogen-bond donors (Lipinski definition) is 1. The van der Waals surface area contributed by atoms with Gasteiger partial charge in [-0.05, 0) is 60.9 Å². The monoisotopic (exact) mass is 453 g/mol. The van der Waals surface area contributed by atoms with Gasteiger partial charge in [-0.3, -0.25) is 9.78 Å². The highest BCUT2D eigenvalue weighted by Gasteiger charge is 2.27. The molecule has 2 aromatic carbocycles. The van der Waals surface area contributed by atoms with Crippen LogP contribution in [0.3, 0.4) is 0 Å². The number of ether oxygens (including phenoxy) is 1. The summed E-state index contributed by atoms with van der Waals surface area (Å²) in [5, 5.41) is 2.78. The quantitative estimate of drug-likeness (QED) is 0.509. The molecule has 0 aliphatic rings. The Bertz CT molecular complexity index is 1140. The van der Waals surface area contributed by atoms with Gasteiger partial charge in [-0.2, -0.15) is 4.31 Å². The normalized spacial score (nSPS) is 11.3. The van der Waals surface area contributed by atoms with E-state index in [0.717, 1.165) is 16.7 Å². The summed E-state index contributed by atoms with van der Waals surface area (Å²) < 4.78 is 33.6. The molecular weight excluding hydrogens is 426 g/mol. The van der Waals surface area contributed by atoms with Crippen LogP contribution in [-0.2, 0) is 27.9 Å². The van der Waals surface area contributed by atoms with Crippen LogP contribution in [0.5, 0.6) is 5.75 Å². The van der Waals surface area contributed by atoms with Crippen LogP contribution in [0.1, 0.15) is 23.6 Å². The second-order valence-electron chi connectivity index (χ2n) is 7.25. The van der Waals surface area contributed by atoms with Crippen molar-refractivity contribution in [1.29, 1.82) is 0 Å². The summed E-state index contributed by atoms with van der Waals surface area (Å²) in [7, 11) is -3.92. The van der Waals surface area contributed by atoms with Crippen molar-refractivity contribution >= 4 is 15.9 Å². The minimum absolute atomic E-state index is 0.0815. The van der Waals surface area contributed by atoms with E-state index >= 15 is 0 Å². The van der Waals surface area contributed by atoms with Crippen LogP contribution in [-0.4, -0.2) is 36.8 Å². The second-order valence-corrected chi connectivity index (χ2v) is 9.19. The number of aromatic nitrogens is 1. The van der Waals surface area contributed by atoms with Crippen LogP contribution in [0.2, 0.25) is 0 Å². The van der Waals surface area contributed by atoms with Crippen LogP contribution < -0.4 is 10.1 Å². The van der Waals surface area contributed by atoms with Crippen molar-refractivity contribution in [2.75, 3.05) is 13.2 Å². The number of nitrogens with zero attached hydrogens (tertiary/aromatic N) is 2. The summed E-state index contributed by atoms with van der Waals surface area (Å²) in [6.45, 7) is 4.24. The fourth-order valence-corrected chi connectivity index (χ4v) is 4.65. The van der Waals surface area contributed by atoms with Crippen molar-refractivity contribution in [3.8, 4) is 5.75 Å². The third-order valence-corrected chi connectivity index (χ3v) is 6.63. The lowest BCUT2D eigenvalue weighted by atomic mass is 10.2. The smallest absolute Gasteiger partial charge is 0.243 e. The summed E-state index contributed by atoms with van der Waals surface area (Å²) in [5.74, 6) is 0.250. The largest absolute Gasteiger partial charge is 0.494 e.